The molecular formula is C12H14BrClFNO. The lowest BCUT2D eigenvalue weighted by Crippen LogP contribution is -2.24. The summed E-state index contributed by atoms with van der Waals surface area (Å²) in [5.74, 6) is -0.0339. The molecule has 1 amide bonds. The molecule has 0 aliphatic carbocycles. The molecule has 0 aliphatic rings. The Morgan fingerprint density at radius 2 is 2.12 bits per heavy atom. The molecule has 0 spiro atoms. The van der Waals surface area contributed by atoms with Crippen LogP contribution < -0.4 is 5.32 Å². The van der Waals surface area contributed by atoms with Crippen LogP contribution in [-0.2, 0) is 0 Å². The van der Waals surface area contributed by atoms with Crippen LogP contribution in [0, 0.1) is 5.82 Å². The van der Waals surface area contributed by atoms with Crippen LogP contribution >= 0.6 is 27.5 Å². The number of nitrogens with one attached hydrogen (secondary N) is 1. The molecule has 0 fully saturated rings. The van der Waals surface area contributed by atoms with E-state index in [0.717, 1.165) is 19.3 Å². The van der Waals surface area contributed by atoms with Crippen molar-refractivity contribution in [2.24, 2.45) is 0 Å². The van der Waals surface area contributed by atoms with Crippen LogP contribution in [0.25, 0.3) is 0 Å². The van der Waals surface area contributed by atoms with Crippen molar-refractivity contribution in [3.8, 4) is 0 Å². The highest BCUT2D eigenvalue weighted by molar-refractivity contribution is 9.10. The normalized spacial score (nSPS) is 10.3. The van der Waals surface area contributed by atoms with Gasteiger partial charge in [-0.25, -0.2) is 4.39 Å². The van der Waals surface area contributed by atoms with E-state index in [4.69, 9.17) is 11.6 Å². The zero-order valence-corrected chi connectivity index (χ0v) is 11.7. The van der Waals surface area contributed by atoms with E-state index >= 15 is 0 Å². The number of hydrogen-bond donors (Lipinski definition) is 1. The number of halogens is 3. The standard InChI is InChI=1S/C12H14BrClFNO/c13-10-5-4-9(8-11(10)15)12(17)16-7-3-1-2-6-14/h4-5,8H,1-3,6-7H2,(H,16,17). The number of hydrogen-bond acceptors (Lipinski definition) is 1. The summed E-state index contributed by atoms with van der Waals surface area (Å²) in [5.41, 5.74) is 0.336. The number of rotatable bonds is 6. The van der Waals surface area contributed by atoms with Crippen molar-refractivity contribution in [1.29, 1.82) is 0 Å². The SMILES string of the molecule is O=C(NCCCCCCl)c1ccc(Br)c(F)c1. The minimum Gasteiger partial charge on any atom is -0.352 e. The minimum absolute atomic E-state index is 0.248. The van der Waals surface area contributed by atoms with Crippen molar-refractivity contribution >= 4 is 33.4 Å². The first kappa shape index (κ1) is 14.5. The van der Waals surface area contributed by atoms with Gasteiger partial charge in [-0.3, -0.25) is 4.79 Å². The predicted octanol–water partition coefficient (Wildman–Crippen LogP) is 3.73. The zero-order chi connectivity index (χ0) is 12.7. The number of alkyl halides is 1. The lowest BCUT2D eigenvalue weighted by molar-refractivity contribution is 0.0952. The molecule has 5 heteroatoms. The van der Waals surface area contributed by atoms with Gasteiger partial charge in [-0.2, -0.15) is 0 Å². The Bertz CT molecular complexity index is 387. The van der Waals surface area contributed by atoms with E-state index in [0.29, 0.717) is 22.5 Å². The number of amides is 1. The van der Waals surface area contributed by atoms with Gasteiger partial charge < -0.3 is 5.32 Å². The molecule has 0 atom stereocenters. The molecule has 0 saturated heterocycles. The average molecular weight is 323 g/mol. The van der Waals surface area contributed by atoms with Crippen LogP contribution in [-0.4, -0.2) is 18.3 Å². The Morgan fingerprint density at radius 1 is 1.35 bits per heavy atom. The molecule has 0 aliphatic heterocycles. The van der Waals surface area contributed by atoms with Gasteiger partial charge in [-0.15, -0.1) is 11.6 Å². The van der Waals surface area contributed by atoms with E-state index in [1.54, 1.807) is 6.07 Å². The van der Waals surface area contributed by atoms with Crippen molar-refractivity contribution in [3.63, 3.8) is 0 Å². The quantitative estimate of drug-likeness (QED) is 0.627. The van der Waals surface area contributed by atoms with Crippen LogP contribution in [0.1, 0.15) is 29.6 Å². The highest BCUT2D eigenvalue weighted by atomic mass is 79.9. The maximum atomic E-state index is 13.2. The first-order chi connectivity index (χ1) is 8.15. The highest BCUT2D eigenvalue weighted by Gasteiger charge is 2.07. The Labute approximate surface area is 114 Å². The summed E-state index contributed by atoms with van der Waals surface area (Å²) in [6.45, 7) is 0.591. The molecule has 1 aromatic carbocycles. The van der Waals surface area contributed by atoms with Crippen molar-refractivity contribution < 1.29 is 9.18 Å². The Morgan fingerprint density at radius 3 is 2.76 bits per heavy atom. The molecule has 1 aromatic rings. The summed E-state index contributed by atoms with van der Waals surface area (Å²) in [6, 6.07) is 4.33. The minimum atomic E-state index is -0.431. The van der Waals surface area contributed by atoms with E-state index in [-0.39, 0.29) is 5.91 Å². The molecule has 0 bridgehead atoms. The third-order valence-corrected chi connectivity index (χ3v) is 3.19. The topological polar surface area (TPSA) is 29.1 Å². The van der Waals surface area contributed by atoms with Gasteiger partial charge in [0.2, 0.25) is 0 Å². The molecule has 0 aromatic heterocycles. The van der Waals surface area contributed by atoms with E-state index in [1.165, 1.54) is 12.1 Å². The van der Waals surface area contributed by atoms with E-state index in [1.807, 2.05) is 0 Å². The molecule has 0 saturated carbocycles. The molecule has 0 radical (unpaired) electrons. The monoisotopic (exact) mass is 321 g/mol. The molecule has 17 heavy (non-hydrogen) atoms. The van der Waals surface area contributed by atoms with Gasteiger partial charge in [0, 0.05) is 18.0 Å². The van der Waals surface area contributed by atoms with Crippen molar-refractivity contribution in [1.82, 2.24) is 5.32 Å². The van der Waals surface area contributed by atoms with Crippen molar-refractivity contribution in [3.05, 3.63) is 34.1 Å². The van der Waals surface area contributed by atoms with Crippen LogP contribution in [0.3, 0.4) is 0 Å². The average Bonchev–Trinajstić information content (AvgIpc) is 2.32. The zero-order valence-electron chi connectivity index (χ0n) is 9.31. The van der Waals surface area contributed by atoms with Gasteiger partial charge in [0.25, 0.3) is 5.91 Å². The fraction of sp³-hybridized carbons (Fsp3) is 0.417. The van der Waals surface area contributed by atoms with Gasteiger partial charge >= 0.3 is 0 Å². The Hall–Kier alpha value is -0.610. The predicted molar refractivity (Wildman–Crippen MR) is 71.0 cm³/mol. The number of benzene rings is 1. The molecular weight excluding hydrogens is 308 g/mol. The van der Waals surface area contributed by atoms with Crippen molar-refractivity contribution in [2.45, 2.75) is 19.3 Å². The molecule has 2 nitrogen and oxygen atoms in total. The van der Waals surface area contributed by atoms with Crippen LogP contribution in [0.15, 0.2) is 22.7 Å². The second-order valence-electron chi connectivity index (χ2n) is 3.63. The summed E-state index contributed by atoms with van der Waals surface area (Å²) >= 11 is 8.58. The van der Waals surface area contributed by atoms with E-state index in [9.17, 15) is 9.18 Å². The lowest BCUT2D eigenvalue weighted by atomic mass is 10.2. The Balaban J connectivity index is 2.39. The van der Waals surface area contributed by atoms with E-state index in [2.05, 4.69) is 21.2 Å². The van der Waals surface area contributed by atoms with Crippen LogP contribution in [0.4, 0.5) is 4.39 Å². The molecule has 1 N–H and O–H groups in total. The summed E-state index contributed by atoms with van der Waals surface area (Å²) in [6.07, 6.45) is 2.82. The fourth-order valence-corrected chi connectivity index (χ4v) is 1.77. The summed E-state index contributed by atoms with van der Waals surface area (Å²) < 4.78 is 13.5. The molecule has 1 rings (SSSR count). The van der Waals surface area contributed by atoms with Gasteiger partial charge in [0.1, 0.15) is 5.82 Å². The largest absolute Gasteiger partial charge is 0.352 e. The number of carbonyl (C=O) groups excluding carboxylic acids is 1. The van der Waals surface area contributed by atoms with Gasteiger partial charge in [-0.05, 0) is 47.0 Å². The highest BCUT2D eigenvalue weighted by Crippen LogP contribution is 2.16. The second kappa shape index (κ2) is 7.67. The Kier molecular flexibility index (Phi) is 6.52. The van der Waals surface area contributed by atoms with Gasteiger partial charge in [0.15, 0.2) is 0 Å². The fourth-order valence-electron chi connectivity index (χ4n) is 1.34. The van der Waals surface area contributed by atoms with E-state index < -0.39 is 5.82 Å². The van der Waals surface area contributed by atoms with Crippen LogP contribution in [0.5, 0.6) is 0 Å². The summed E-state index contributed by atoms with van der Waals surface area (Å²) in [4.78, 5) is 11.6. The maximum absolute atomic E-state index is 13.2. The summed E-state index contributed by atoms with van der Waals surface area (Å²) in [7, 11) is 0. The van der Waals surface area contributed by atoms with Crippen molar-refractivity contribution in [2.75, 3.05) is 12.4 Å². The first-order valence-corrected chi connectivity index (χ1v) is 6.77. The smallest absolute Gasteiger partial charge is 0.251 e. The molecule has 94 valence electrons. The van der Waals surface area contributed by atoms with Crippen LogP contribution in [0.2, 0.25) is 0 Å². The maximum Gasteiger partial charge on any atom is 0.251 e. The lowest BCUT2D eigenvalue weighted by Gasteiger charge is -2.05. The molecule has 0 unspecified atom stereocenters. The summed E-state index contributed by atoms with van der Waals surface area (Å²) in [5, 5.41) is 2.74. The number of unbranched alkanes of at least 4 members (excludes halogenated alkanes) is 2. The molecule has 0 heterocycles. The third-order valence-electron chi connectivity index (χ3n) is 2.28. The van der Waals surface area contributed by atoms with Gasteiger partial charge in [-0.1, -0.05) is 6.42 Å². The second-order valence-corrected chi connectivity index (χ2v) is 4.87. The van der Waals surface area contributed by atoms with Gasteiger partial charge in [0.05, 0.1) is 4.47 Å². The third kappa shape index (κ3) is 5.04. The first-order valence-electron chi connectivity index (χ1n) is 5.44. The number of carbonyl (C=O) groups is 1.